The number of hydrogen-bond acceptors (Lipinski definition) is 5. The Morgan fingerprint density at radius 2 is 1.62 bits per heavy atom. The Balaban J connectivity index is 1.10. The van der Waals surface area contributed by atoms with E-state index in [0.29, 0.717) is 12.0 Å². The monoisotopic (exact) mass is 471 g/mol. The van der Waals surface area contributed by atoms with E-state index in [1.807, 2.05) is 31.6 Å². The van der Waals surface area contributed by atoms with Gasteiger partial charge in [-0.3, -0.25) is 4.98 Å². The number of H-pyrrole nitrogens is 1. The van der Waals surface area contributed by atoms with Crippen molar-refractivity contribution in [2.75, 3.05) is 7.11 Å². The number of fused-ring (bicyclic) bond motifs is 4. The number of rotatable bonds is 7. The Kier molecular flexibility index (Phi) is 5.58. The van der Waals surface area contributed by atoms with E-state index >= 15 is 0 Å². The minimum Gasteiger partial charge on any atom is -0.486 e. The number of pyridine rings is 1. The molecule has 2 bridgehead atoms. The molecule has 2 heterocycles. The summed E-state index contributed by atoms with van der Waals surface area (Å²) in [5, 5.41) is 0. The van der Waals surface area contributed by atoms with Crippen molar-refractivity contribution in [3.05, 3.63) is 78.4 Å². The third kappa shape index (κ3) is 4.10. The number of nitrogens with zero attached hydrogens (tertiary/aromatic N) is 2. The quantitative estimate of drug-likeness (QED) is 0.326. The predicted molar refractivity (Wildman–Crippen MR) is 134 cm³/mol. The fourth-order valence-corrected chi connectivity index (χ4v) is 6.51. The van der Waals surface area contributed by atoms with Crippen LogP contribution in [0.1, 0.15) is 49.9 Å². The Hall–Kier alpha value is -2.83. The molecule has 174 valence electrons. The van der Waals surface area contributed by atoms with Gasteiger partial charge in [0.15, 0.2) is 0 Å². The molecule has 6 heteroatoms. The standard InChI is InChI=1S/C28H29N3O2S/c1-32-28-13-10-27(11-14-28,12-15-28)20-2-4-21(5-3-20)33-19-26-30-24-7-6-23(18-25(24)31-26)34-22-8-16-29-17-9-22/h2-9,16-18H,10-15,19H2,1H3,(H,30,31). The molecule has 0 saturated heterocycles. The first-order valence-corrected chi connectivity index (χ1v) is 12.8. The van der Waals surface area contributed by atoms with Gasteiger partial charge in [0.05, 0.1) is 16.6 Å². The third-order valence-corrected chi connectivity index (χ3v) is 8.84. The molecule has 0 atom stereocenters. The number of ether oxygens (including phenoxy) is 2. The molecule has 2 aromatic carbocycles. The molecule has 7 rings (SSSR count). The lowest BCUT2D eigenvalue weighted by atomic mass is 9.56. The molecule has 4 aromatic rings. The molecule has 0 unspecified atom stereocenters. The van der Waals surface area contributed by atoms with Gasteiger partial charge in [0, 0.05) is 29.3 Å². The largest absolute Gasteiger partial charge is 0.486 e. The molecule has 34 heavy (non-hydrogen) atoms. The zero-order chi connectivity index (χ0) is 23.0. The number of imidazole rings is 1. The van der Waals surface area contributed by atoms with Crippen LogP contribution < -0.4 is 4.74 Å². The average Bonchev–Trinajstić information content (AvgIpc) is 3.32. The molecule has 0 amide bonds. The molecule has 5 nitrogen and oxygen atoms in total. The first-order chi connectivity index (χ1) is 16.7. The second-order valence-corrected chi connectivity index (χ2v) is 10.8. The molecule has 2 aromatic heterocycles. The van der Waals surface area contributed by atoms with E-state index in [0.717, 1.165) is 27.5 Å². The van der Waals surface area contributed by atoms with Crippen LogP contribution in [0.5, 0.6) is 5.75 Å². The number of hydrogen-bond donors (Lipinski definition) is 1. The normalized spacial score (nSPS) is 23.9. The van der Waals surface area contributed by atoms with Crippen LogP contribution >= 0.6 is 11.8 Å². The Morgan fingerprint density at radius 1 is 0.882 bits per heavy atom. The van der Waals surface area contributed by atoms with Crippen molar-refractivity contribution in [2.24, 2.45) is 0 Å². The highest BCUT2D eigenvalue weighted by Gasteiger charge is 2.49. The highest BCUT2D eigenvalue weighted by atomic mass is 32.2. The lowest BCUT2D eigenvalue weighted by Gasteiger charge is -2.53. The maximum atomic E-state index is 6.07. The summed E-state index contributed by atoms with van der Waals surface area (Å²) in [5.41, 5.74) is 3.90. The number of benzene rings is 2. The third-order valence-electron chi connectivity index (χ3n) is 7.84. The highest BCUT2D eigenvalue weighted by Crippen LogP contribution is 2.54. The summed E-state index contributed by atoms with van der Waals surface area (Å²) in [6.07, 6.45) is 10.8. The number of aromatic nitrogens is 3. The summed E-state index contributed by atoms with van der Waals surface area (Å²) in [6.45, 7) is 0.419. The molecule has 3 aliphatic carbocycles. The van der Waals surface area contributed by atoms with Gasteiger partial charge in [-0.05, 0) is 92.0 Å². The molecule has 3 fully saturated rings. The SMILES string of the molecule is COC12CCC(c3ccc(OCc4nc5ccc(Sc6ccncc6)cc5[nH]4)cc3)(CC1)CC2. The molecule has 1 N–H and O–H groups in total. The van der Waals surface area contributed by atoms with Crippen molar-refractivity contribution in [2.45, 2.75) is 65.9 Å². The Bertz CT molecular complexity index is 1260. The zero-order valence-electron chi connectivity index (χ0n) is 19.4. The maximum absolute atomic E-state index is 6.07. The van der Waals surface area contributed by atoms with Gasteiger partial charge >= 0.3 is 0 Å². The fourth-order valence-electron chi connectivity index (χ4n) is 5.66. The fraction of sp³-hybridized carbons (Fsp3) is 0.357. The second kappa shape index (κ2) is 8.75. The number of nitrogens with one attached hydrogen (secondary N) is 1. The van der Waals surface area contributed by atoms with E-state index in [9.17, 15) is 0 Å². The molecule has 0 spiro atoms. The second-order valence-electron chi connectivity index (χ2n) is 9.63. The van der Waals surface area contributed by atoms with E-state index < -0.39 is 0 Å². The van der Waals surface area contributed by atoms with Crippen LogP contribution in [0.2, 0.25) is 0 Å². The van der Waals surface area contributed by atoms with E-state index in [2.05, 4.69) is 52.4 Å². The number of aromatic amines is 1. The molecule has 3 aliphatic rings. The molecule has 3 saturated carbocycles. The van der Waals surface area contributed by atoms with Gasteiger partial charge in [-0.1, -0.05) is 23.9 Å². The van der Waals surface area contributed by atoms with Gasteiger partial charge in [-0.15, -0.1) is 0 Å². The highest BCUT2D eigenvalue weighted by molar-refractivity contribution is 7.99. The first kappa shape index (κ1) is 21.7. The first-order valence-electron chi connectivity index (χ1n) is 12.0. The lowest BCUT2D eigenvalue weighted by molar-refractivity contribution is -0.0955. The Morgan fingerprint density at radius 3 is 2.32 bits per heavy atom. The minimum absolute atomic E-state index is 0.149. The number of methoxy groups -OCH3 is 1. The minimum atomic E-state index is 0.149. The smallest absolute Gasteiger partial charge is 0.146 e. The van der Waals surface area contributed by atoms with Crippen LogP contribution in [0.3, 0.4) is 0 Å². The van der Waals surface area contributed by atoms with Crippen molar-refractivity contribution in [1.82, 2.24) is 15.0 Å². The predicted octanol–water partition coefficient (Wildman–Crippen LogP) is 6.68. The summed E-state index contributed by atoms with van der Waals surface area (Å²) in [7, 11) is 1.88. The van der Waals surface area contributed by atoms with Crippen LogP contribution in [0, 0.1) is 0 Å². The van der Waals surface area contributed by atoms with E-state index in [4.69, 9.17) is 14.5 Å². The van der Waals surface area contributed by atoms with Gasteiger partial charge < -0.3 is 14.5 Å². The van der Waals surface area contributed by atoms with Crippen LogP contribution in [0.15, 0.2) is 76.8 Å². The molecular formula is C28H29N3O2S. The molecule has 0 aliphatic heterocycles. The van der Waals surface area contributed by atoms with Crippen LogP contribution in [0.25, 0.3) is 11.0 Å². The van der Waals surface area contributed by atoms with E-state index in [1.54, 1.807) is 11.8 Å². The van der Waals surface area contributed by atoms with Crippen molar-refractivity contribution in [3.63, 3.8) is 0 Å². The molecule has 0 radical (unpaired) electrons. The van der Waals surface area contributed by atoms with Crippen molar-refractivity contribution >= 4 is 22.8 Å². The topological polar surface area (TPSA) is 60.0 Å². The summed E-state index contributed by atoms with van der Waals surface area (Å²) < 4.78 is 11.9. The van der Waals surface area contributed by atoms with Crippen molar-refractivity contribution < 1.29 is 9.47 Å². The van der Waals surface area contributed by atoms with Gasteiger partial charge in [-0.25, -0.2) is 4.98 Å². The van der Waals surface area contributed by atoms with Gasteiger partial charge in [0.25, 0.3) is 0 Å². The van der Waals surface area contributed by atoms with Crippen LogP contribution in [0.4, 0.5) is 0 Å². The van der Waals surface area contributed by atoms with Gasteiger partial charge in [0.2, 0.25) is 0 Å². The lowest BCUT2D eigenvalue weighted by Crippen LogP contribution is -2.49. The van der Waals surface area contributed by atoms with Crippen LogP contribution in [-0.2, 0) is 16.8 Å². The van der Waals surface area contributed by atoms with E-state index in [1.165, 1.54) is 49.0 Å². The van der Waals surface area contributed by atoms with Crippen molar-refractivity contribution in [1.29, 1.82) is 0 Å². The van der Waals surface area contributed by atoms with Gasteiger partial charge in [-0.2, -0.15) is 0 Å². The summed E-state index contributed by atoms with van der Waals surface area (Å²) >= 11 is 1.71. The molecular weight excluding hydrogens is 442 g/mol. The Labute approximate surface area is 204 Å². The zero-order valence-corrected chi connectivity index (χ0v) is 20.2. The van der Waals surface area contributed by atoms with Crippen LogP contribution in [-0.4, -0.2) is 27.7 Å². The van der Waals surface area contributed by atoms with Gasteiger partial charge in [0.1, 0.15) is 18.2 Å². The summed E-state index contributed by atoms with van der Waals surface area (Å²) in [5.74, 6) is 1.71. The maximum Gasteiger partial charge on any atom is 0.146 e. The summed E-state index contributed by atoms with van der Waals surface area (Å²) in [6, 6.07) is 19.1. The average molecular weight is 472 g/mol. The van der Waals surface area contributed by atoms with E-state index in [-0.39, 0.29) is 5.60 Å². The van der Waals surface area contributed by atoms with Crippen molar-refractivity contribution in [3.8, 4) is 5.75 Å². The summed E-state index contributed by atoms with van der Waals surface area (Å²) in [4.78, 5) is 14.5.